The Morgan fingerprint density at radius 2 is 1.77 bits per heavy atom. The fraction of sp³-hybridized carbons (Fsp3) is 0.476. The summed E-state index contributed by atoms with van der Waals surface area (Å²) in [5, 5.41) is 2.39. The molecule has 1 aromatic carbocycles. The summed E-state index contributed by atoms with van der Waals surface area (Å²) in [6.45, 7) is 3.20. The normalized spacial score (nSPS) is 26.5. The molecule has 0 saturated carbocycles. The van der Waals surface area contributed by atoms with E-state index in [4.69, 9.17) is 4.74 Å². The standard InChI is InChI=1S/C21H23N3O6S/c1-21(2)17(20(29)30-11-23-14(26)8-9-15(23)27)24-18(28)16(19(24)31-21)22-13(25)10-12-6-4-3-5-7-12/h3-7,16-17,19H,8-11H2,1-2H3,(H,22,25)/t16-,17+,19-/m0/s1. The molecule has 10 heteroatoms. The van der Waals surface area contributed by atoms with Gasteiger partial charge in [0, 0.05) is 17.6 Å². The van der Waals surface area contributed by atoms with Gasteiger partial charge in [-0.1, -0.05) is 30.3 Å². The number of nitrogens with zero attached hydrogens (tertiary/aromatic N) is 2. The molecule has 1 aromatic rings. The quantitative estimate of drug-likeness (QED) is 0.384. The minimum atomic E-state index is -0.870. The van der Waals surface area contributed by atoms with Crippen LogP contribution >= 0.6 is 11.8 Å². The second-order valence-electron chi connectivity index (χ2n) is 8.28. The summed E-state index contributed by atoms with van der Waals surface area (Å²) in [5.74, 6) is -2.04. The van der Waals surface area contributed by atoms with Gasteiger partial charge in [-0.25, -0.2) is 9.69 Å². The minimum Gasteiger partial charge on any atom is -0.442 e. The number of benzene rings is 1. The van der Waals surface area contributed by atoms with Gasteiger partial charge in [0.2, 0.25) is 23.6 Å². The van der Waals surface area contributed by atoms with E-state index in [1.807, 2.05) is 44.2 Å². The molecule has 3 atom stereocenters. The van der Waals surface area contributed by atoms with Crippen molar-refractivity contribution < 1.29 is 28.7 Å². The van der Waals surface area contributed by atoms with Crippen molar-refractivity contribution >= 4 is 41.4 Å². The molecule has 3 aliphatic heterocycles. The van der Waals surface area contributed by atoms with Gasteiger partial charge in [-0.2, -0.15) is 0 Å². The number of ether oxygens (including phenoxy) is 1. The number of nitrogens with one attached hydrogen (secondary N) is 1. The van der Waals surface area contributed by atoms with Gasteiger partial charge in [0.1, 0.15) is 17.5 Å². The van der Waals surface area contributed by atoms with E-state index in [0.717, 1.165) is 10.5 Å². The third-order valence-electron chi connectivity index (χ3n) is 5.68. The monoisotopic (exact) mass is 445 g/mol. The van der Waals surface area contributed by atoms with Crippen LogP contribution in [0.25, 0.3) is 0 Å². The van der Waals surface area contributed by atoms with Gasteiger partial charge < -0.3 is 15.0 Å². The lowest BCUT2D eigenvalue weighted by molar-refractivity contribution is -0.169. The lowest BCUT2D eigenvalue weighted by Gasteiger charge is -2.44. The van der Waals surface area contributed by atoms with Crippen molar-refractivity contribution in [1.29, 1.82) is 0 Å². The summed E-state index contributed by atoms with van der Waals surface area (Å²) in [4.78, 5) is 63.7. The van der Waals surface area contributed by atoms with Crippen molar-refractivity contribution in [2.75, 3.05) is 6.73 Å². The van der Waals surface area contributed by atoms with Gasteiger partial charge in [0.15, 0.2) is 6.73 Å². The summed E-state index contributed by atoms with van der Waals surface area (Å²) < 4.78 is 4.58. The van der Waals surface area contributed by atoms with Crippen molar-refractivity contribution in [3.63, 3.8) is 0 Å². The van der Waals surface area contributed by atoms with Crippen LogP contribution in [0.4, 0.5) is 0 Å². The summed E-state index contributed by atoms with van der Waals surface area (Å²) in [6, 6.07) is 7.64. The number of likely N-dealkylation sites (tertiary alicyclic amines) is 1. The highest BCUT2D eigenvalue weighted by Crippen LogP contribution is 2.51. The highest BCUT2D eigenvalue weighted by molar-refractivity contribution is 8.01. The van der Waals surface area contributed by atoms with Gasteiger partial charge in [0.25, 0.3) is 0 Å². The molecule has 0 unspecified atom stereocenters. The Labute approximate surface area is 183 Å². The van der Waals surface area contributed by atoms with Crippen molar-refractivity contribution in [3.05, 3.63) is 35.9 Å². The maximum absolute atomic E-state index is 12.8. The molecule has 9 nitrogen and oxygen atoms in total. The smallest absolute Gasteiger partial charge is 0.332 e. The fourth-order valence-corrected chi connectivity index (χ4v) is 5.73. The minimum absolute atomic E-state index is 0.109. The van der Waals surface area contributed by atoms with Crippen LogP contribution in [0.2, 0.25) is 0 Å². The maximum Gasteiger partial charge on any atom is 0.332 e. The van der Waals surface area contributed by atoms with E-state index in [0.29, 0.717) is 0 Å². The van der Waals surface area contributed by atoms with Gasteiger partial charge in [0.05, 0.1) is 6.42 Å². The predicted octanol–water partition coefficient (Wildman–Crippen LogP) is 0.426. The van der Waals surface area contributed by atoms with Gasteiger partial charge in [-0.15, -0.1) is 11.8 Å². The molecule has 1 N–H and O–H groups in total. The number of amides is 4. The van der Waals surface area contributed by atoms with Crippen LogP contribution in [0.5, 0.6) is 0 Å². The average molecular weight is 445 g/mol. The highest BCUT2D eigenvalue weighted by Gasteiger charge is 2.64. The van der Waals surface area contributed by atoms with Crippen molar-refractivity contribution in [2.24, 2.45) is 0 Å². The van der Waals surface area contributed by atoms with E-state index in [1.54, 1.807) is 0 Å². The van der Waals surface area contributed by atoms with E-state index in [-0.39, 0.29) is 48.3 Å². The number of fused-ring (bicyclic) bond motifs is 1. The topological polar surface area (TPSA) is 113 Å². The molecule has 0 radical (unpaired) electrons. The lowest BCUT2D eigenvalue weighted by Crippen LogP contribution is -2.70. The number of rotatable bonds is 6. The first-order valence-corrected chi connectivity index (χ1v) is 10.9. The number of carbonyl (C=O) groups excluding carboxylic acids is 5. The van der Waals surface area contributed by atoms with Gasteiger partial charge in [-0.05, 0) is 19.4 Å². The predicted molar refractivity (Wildman–Crippen MR) is 110 cm³/mol. The second kappa shape index (κ2) is 7.99. The number of esters is 1. The Balaban J connectivity index is 1.38. The lowest BCUT2D eigenvalue weighted by atomic mass is 9.96. The molecule has 0 aliphatic carbocycles. The molecule has 3 aliphatic rings. The molecular formula is C21H23N3O6S. The molecule has 4 rings (SSSR count). The molecule has 4 amide bonds. The van der Waals surface area contributed by atoms with E-state index in [9.17, 15) is 24.0 Å². The molecule has 3 heterocycles. The highest BCUT2D eigenvalue weighted by atomic mass is 32.2. The Morgan fingerprint density at radius 1 is 1.13 bits per heavy atom. The van der Waals surface area contributed by atoms with E-state index in [1.165, 1.54) is 16.7 Å². The fourth-order valence-electron chi connectivity index (χ4n) is 4.11. The first-order valence-electron chi connectivity index (χ1n) is 10.0. The van der Waals surface area contributed by atoms with Crippen LogP contribution in [0.15, 0.2) is 30.3 Å². The Morgan fingerprint density at radius 3 is 2.42 bits per heavy atom. The van der Waals surface area contributed by atoms with Crippen LogP contribution in [-0.2, 0) is 35.1 Å². The van der Waals surface area contributed by atoms with Crippen LogP contribution in [0.3, 0.4) is 0 Å². The first kappa shape index (κ1) is 21.4. The SMILES string of the molecule is CC1(C)S[C@H]2[C@@H](NC(=O)Cc3ccccc3)C(=O)N2[C@@H]1C(=O)OCN1C(=O)CCC1=O. The number of imide groups is 1. The molecule has 31 heavy (non-hydrogen) atoms. The van der Waals surface area contributed by atoms with Crippen molar-refractivity contribution in [3.8, 4) is 0 Å². The summed E-state index contributed by atoms with van der Waals surface area (Å²) >= 11 is 1.42. The number of thioether (sulfide) groups is 1. The zero-order chi connectivity index (χ0) is 22.3. The second-order valence-corrected chi connectivity index (χ2v) is 10.0. The van der Waals surface area contributed by atoms with Crippen LogP contribution in [0.1, 0.15) is 32.3 Å². The van der Waals surface area contributed by atoms with Gasteiger partial charge in [-0.3, -0.25) is 19.2 Å². The molecule has 3 fully saturated rings. The third kappa shape index (κ3) is 3.91. The van der Waals surface area contributed by atoms with Crippen LogP contribution < -0.4 is 5.32 Å². The summed E-state index contributed by atoms with van der Waals surface area (Å²) in [5.41, 5.74) is 0.843. The van der Waals surface area contributed by atoms with Crippen LogP contribution in [-0.4, -0.2) is 68.3 Å². The average Bonchev–Trinajstić information content (AvgIpc) is 3.18. The molecular weight excluding hydrogens is 422 g/mol. The Bertz CT molecular complexity index is 934. The van der Waals surface area contributed by atoms with Gasteiger partial charge >= 0.3 is 5.97 Å². The summed E-state index contributed by atoms with van der Waals surface area (Å²) in [6.07, 6.45) is 0.380. The number of β-lactam (4-membered cyclic amide) rings is 1. The maximum atomic E-state index is 12.8. The Hall–Kier alpha value is -2.88. The zero-order valence-corrected chi connectivity index (χ0v) is 18.0. The number of hydrogen-bond donors (Lipinski definition) is 1. The van der Waals surface area contributed by atoms with E-state index >= 15 is 0 Å². The first-order chi connectivity index (χ1) is 14.7. The third-order valence-corrected chi connectivity index (χ3v) is 7.25. The Kier molecular flexibility index (Phi) is 5.50. The van der Waals surface area contributed by atoms with Crippen molar-refractivity contribution in [2.45, 2.75) is 55.3 Å². The molecule has 3 saturated heterocycles. The van der Waals surface area contributed by atoms with E-state index < -0.39 is 29.5 Å². The van der Waals surface area contributed by atoms with E-state index in [2.05, 4.69) is 5.32 Å². The molecule has 0 bridgehead atoms. The molecule has 164 valence electrons. The van der Waals surface area contributed by atoms with Crippen molar-refractivity contribution in [1.82, 2.24) is 15.1 Å². The molecule has 0 aromatic heterocycles. The largest absolute Gasteiger partial charge is 0.442 e. The van der Waals surface area contributed by atoms with Crippen LogP contribution in [0, 0.1) is 0 Å². The number of hydrogen-bond acceptors (Lipinski definition) is 7. The summed E-state index contributed by atoms with van der Waals surface area (Å²) in [7, 11) is 0. The molecule has 0 spiro atoms. The zero-order valence-electron chi connectivity index (χ0n) is 17.2. The number of carbonyl (C=O) groups is 5.